The topological polar surface area (TPSA) is 48.1 Å². The van der Waals surface area contributed by atoms with Crippen molar-refractivity contribution >= 4 is 0 Å². The van der Waals surface area contributed by atoms with E-state index >= 15 is 0 Å². The maximum Gasteiger partial charge on any atom is 0.114 e. The largest absolute Gasteiger partial charge is 0.368 e. The molecular formula is C11H18N2O. The second-order valence-corrected chi connectivity index (χ2v) is 3.72. The molecule has 3 heteroatoms. The Morgan fingerprint density at radius 3 is 2.43 bits per heavy atom. The van der Waals surface area contributed by atoms with Crippen molar-refractivity contribution in [1.82, 2.24) is 4.98 Å². The minimum Gasteiger partial charge on any atom is -0.368 e. The first kappa shape index (κ1) is 11.1. The number of hydrogen-bond acceptors (Lipinski definition) is 3. The number of nitrogens with zero attached hydrogens (tertiary/aromatic N) is 1. The van der Waals surface area contributed by atoms with Gasteiger partial charge in [-0.1, -0.05) is 6.07 Å². The molecular weight excluding hydrogens is 176 g/mol. The van der Waals surface area contributed by atoms with Crippen molar-refractivity contribution in [2.75, 3.05) is 0 Å². The van der Waals surface area contributed by atoms with E-state index in [2.05, 4.69) is 4.98 Å². The van der Waals surface area contributed by atoms with E-state index in [-0.39, 0.29) is 18.2 Å². The van der Waals surface area contributed by atoms with Gasteiger partial charge in [-0.05, 0) is 32.9 Å². The van der Waals surface area contributed by atoms with E-state index in [9.17, 15) is 0 Å². The molecule has 0 aliphatic carbocycles. The first-order chi connectivity index (χ1) is 6.61. The van der Waals surface area contributed by atoms with Crippen molar-refractivity contribution in [2.45, 2.75) is 39.0 Å². The van der Waals surface area contributed by atoms with Gasteiger partial charge in [-0.25, -0.2) is 0 Å². The monoisotopic (exact) mass is 194 g/mol. The Hall–Kier alpha value is -0.930. The molecule has 1 aromatic rings. The predicted molar refractivity (Wildman–Crippen MR) is 56.8 cm³/mol. The summed E-state index contributed by atoms with van der Waals surface area (Å²) in [5.41, 5.74) is 6.75. The van der Waals surface area contributed by atoms with Crippen LogP contribution in [-0.2, 0) is 4.74 Å². The lowest BCUT2D eigenvalue weighted by atomic mass is 10.1. The third kappa shape index (κ3) is 3.09. The lowest BCUT2D eigenvalue weighted by Gasteiger charge is -2.23. The third-order valence-corrected chi connectivity index (χ3v) is 1.88. The summed E-state index contributed by atoms with van der Waals surface area (Å²) < 4.78 is 5.71. The first-order valence-corrected chi connectivity index (χ1v) is 4.93. The van der Waals surface area contributed by atoms with Gasteiger partial charge in [0.1, 0.15) is 6.10 Å². The minimum absolute atomic E-state index is 0.0488. The van der Waals surface area contributed by atoms with Crippen molar-refractivity contribution < 1.29 is 4.74 Å². The van der Waals surface area contributed by atoms with Crippen LogP contribution in [-0.4, -0.2) is 17.1 Å². The fraction of sp³-hybridized carbons (Fsp3) is 0.545. The molecule has 0 aliphatic heterocycles. The molecule has 2 N–H and O–H groups in total. The van der Waals surface area contributed by atoms with Crippen molar-refractivity contribution in [2.24, 2.45) is 5.73 Å². The first-order valence-electron chi connectivity index (χ1n) is 4.93. The fourth-order valence-corrected chi connectivity index (χ4v) is 1.30. The summed E-state index contributed by atoms with van der Waals surface area (Å²) in [6.45, 7) is 5.93. The van der Waals surface area contributed by atoms with Crippen LogP contribution < -0.4 is 5.73 Å². The van der Waals surface area contributed by atoms with Crippen LogP contribution in [0.4, 0.5) is 0 Å². The summed E-state index contributed by atoms with van der Waals surface area (Å²) >= 11 is 0. The molecule has 0 aromatic carbocycles. The number of nitrogens with two attached hydrogens (primary N) is 1. The summed E-state index contributed by atoms with van der Waals surface area (Å²) in [7, 11) is 0. The highest BCUT2D eigenvalue weighted by Crippen LogP contribution is 2.19. The Balaban J connectivity index is 2.78. The van der Waals surface area contributed by atoms with Gasteiger partial charge in [0.15, 0.2) is 0 Å². The number of ether oxygens (including phenoxy) is 1. The minimum atomic E-state index is -0.115. The summed E-state index contributed by atoms with van der Waals surface area (Å²) in [5.74, 6) is 0. The Kier molecular flexibility index (Phi) is 4.04. The number of hydrogen-bond donors (Lipinski definition) is 1. The molecule has 78 valence electrons. The van der Waals surface area contributed by atoms with Crippen LogP contribution in [0.25, 0.3) is 0 Å². The van der Waals surface area contributed by atoms with Gasteiger partial charge in [0.05, 0.1) is 11.8 Å². The quantitative estimate of drug-likeness (QED) is 0.796. The molecule has 0 saturated carbocycles. The van der Waals surface area contributed by atoms with Crippen LogP contribution in [0.2, 0.25) is 0 Å². The highest BCUT2D eigenvalue weighted by molar-refractivity contribution is 5.08. The van der Waals surface area contributed by atoms with Gasteiger partial charge >= 0.3 is 0 Å². The molecule has 0 radical (unpaired) electrons. The van der Waals surface area contributed by atoms with Crippen molar-refractivity contribution in [1.29, 1.82) is 0 Å². The second-order valence-electron chi connectivity index (χ2n) is 3.72. The van der Waals surface area contributed by atoms with E-state index in [0.29, 0.717) is 0 Å². The molecule has 1 aromatic heterocycles. The summed E-state index contributed by atoms with van der Waals surface area (Å²) in [6.07, 6.45) is 1.80. The highest BCUT2D eigenvalue weighted by Gasteiger charge is 2.18. The van der Waals surface area contributed by atoms with E-state index in [1.54, 1.807) is 6.20 Å². The van der Waals surface area contributed by atoms with Crippen LogP contribution >= 0.6 is 0 Å². The summed E-state index contributed by atoms with van der Waals surface area (Å²) in [4.78, 5) is 4.25. The van der Waals surface area contributed by atoms with Gasteiger partial charge in [0, 0.05) is 12.2 Å². The van der Waals surface area contributed by atoms with Gasteiger partial charge in [-0.3, -0.25) is 4.98 Å². The summed E-state index contributed by atoms with van der Waals surface area (Å²) in [6, 6.07) is 5.72. The van der Waals surface area contributed by atoms with Crippen molar-refractivity contribution in [3.05, 3.63) is 30.1 Å². The van der Waals surface area contributed by atoms with Gasteiger partial charge in [0.2, 0.25) is 0 Å². The highest BCUT2D eigenvalue weighted by atomic mass is 16.5. The average molecular weight is 194 g/mol. The number of pyridine rings is 1. The van der Waals surface area contributed by atoms with Crippen LogP contribution in [0.3, 0.4) is 0 Å². The molecule has 3 nitrogen and oxygen atoms in total. The predicted octanol–water partition coefficient (Wildman–Crippen LogP) is 1.89. The zero-order chi connectivity index (χ0) is 10.6. The van der Waals surface area contributed by atoms with E-state index in [4.69, 9.17) is 10.5 Å². The van der Waals surface area contributed by atoms with E-state index in [1.165, 1.54) is 0 Å². The molecule has 0 spiro atoms. The Morgan fingerprint density at radius 2 is 2.00 bits per heavy atom. The maximum absolute atomic E-state index is 5.85. The zero-order valence-electron chi connectivity index (χ0n) is 8.97. The van der Waals surface area contributed by atoms with Crippen LogP contribution in [0.5, 0.6) is 0 Å². The summed E-state index contributed by atoms with van der Waals surface area (Å²) in [5, 5.41) is 0. The van der Waals surface area contributed by atoms with Crippen LogP contribution in [0.15, 0.2) is 24.4 Å². The molecule has 1 heterocycles. The smallest absolute Gasteiger partial charge is 0.114 e. The normalized spacial score (nSPS) is 15.5. The zero-order valence-corrected chi connectivity index (χ0v) is 8.97. The molecule has 0 aliphatic rings. The van der Waals surface area contributed by atoms with Gasteiger partial charge in [0.25, 0.3) is 0 Å². The SMILES string of the molecule is CC(C)OC(c1ccccn1)C(C)N. The van der Waals surface area contributed by atoms with E-state index < -0.39 is 0 Å². The van der Waals surface area contributed by atoms with Gasteiger partial charge < -0.3 is 10.5 Å². The Labute approximate surface area is 85.3 Å². The standard InChI is InChI=1S/C11H18N2O/c1-8(2)14-11(9(3)12)10-6-4-5-7-13-10/h4-9,11H,12H2,1-3H3. The molecule has 0 amide bonds. The van der Waals surface area contributed by atoms with Crippen LogP contribution in [0.1, 0.15) is 32.6 Å². The van der Waals surface area contributed by atoms with Crippen LogP contribution in [0, 0.1) is 0 Å². The van der Waals surface area contributed by atoms with E-state index in [0.717, 1.165) is 5.69 Å². The van der Waals surface area contributed by atoms with Gasteiger partial charge in [-0.2, -0.15) is 0 Å². The molecule has 0 fully saturated rings. The molecule has 0 saturated heterocycles. The van der Waals surface area contributed by atoms with Crippen molar-refractivity contribution in [3.8, 4) is 0 Å². The molecule has 0 bridgehead atoms. The Morgan fingerprint density at radius 1 is 1.29 bits per heavy atom. The number of rotatable bonds is 4. The molecule has 2 atom stereocenters. The molecule has 14 heavy (non-hydrogen) atoms. The second kappa shape index (κ2) is 5.08. The van der Waals surface area contributed by atoms with E-state index in [1.807, 2.05) is 39.0 Å². The lowest BCUT2D eigenvalue weighted by molar-refractivity contribution is -0.00753. The fourth-order valence-electron chi connectivity index (χ4n) is 1.30. The molecule has 1 rings (SSSR count). The number of aromatic nitrogens is 1. The Bertz CT molecular complexity index is 259. The average Bonchev–Trinajstić information content (AvgIpc) is 2.15. The lowest BCUT2D eigenvalue weighted by Crippen LogP contribution is -2.29. The van der Waals surface area contributed by atoms with Gasteiger partial charge in [-0.15, -0.1) is 0 Å². The van der Waals surface area contributed by atoms with Crippen molar-refractivity contribution in [3.63, 3.8) is 0 Å². The third-order valence-electron chi connectivity index (χ3n) is 1.88. The maximum atomic E-state index is 5.85. The molecule has 2 unspecified atom stereocenters.